The third-order valence-electron chi connectivity index (χ3n) is 4.72. The predicted octanol–water partition coefficient (Wildman–Crippen LogP) is 4.10. The minimum absolute atomic E-state index is 0.0681. The summed E-state index contributed by atoms with van der Waals surface area (Å²) in [5, 5.41) is 0.847. The van der Waals surface area contributed by atoms with Gasteiger partial charge in [-0.2, -0.15) is 0 Å². The fourth-order valence-electron chi connectivity index (χ4n) is 3.33. The number of aryl methyl sites for hydroxylation is 1. The van der Waals surface area contributed by atoms with Crippen molar-refractivity contribution in [3.05, 3.63) is 71.0 Å². The summed E-state index contributed by atoms with van der Waals surface area (Å²) in [5.41, 5.74) is 2.01. The number of morpholine rings is 1. The molecule has 0 N–H and O–H groups in total. The van der Waals surface area contributed by atoms with Gasteiger partial charge < -0.3 is 14.2 Å². The van der Waals surface area contributed by atoms with Gasteiger partial charge in [0, 0.05) is 18.9 Å². The van der Waals surface area contributed by atoms with Crippen LogP contribution < -0.4 is 0 Å². The number of benzene rings is 1. The van der Waals surface area contributed by atoms with Crippen molar-refractivity contribution in [3.63, 3.8) is 0 Å². The number of amides is 1. The van der Waals surface area contributed by atoms with E-state index in [-0.39, 0.29) is 12.0 Å². The highest BCUT2D eigenvalue weighted by molar-refractivity contribution is 7.16. The Hall–Kier alpha value is -2.44. The third kappa shape index (κ3) is 3.82. The molecule has 1 aliphatic rings. The van der Waals surface area contributed by atoms with Gasteiger partial charge in [0.25, 0.3) is 5.91 Å². The minimum atomic E-state index is -0.0737. The molecule has 1 atom stereocenters. The van der Waals surface area contributed by atoms with E-state index in [1.54, 1.807) is 0 Å². The van der Waals surface area contributed by atoms with E-state index < -0.39 is 0 Å². The number of hydrogen-bond donors (Lipinski definition) is 0. The molecule has 1 aliphatic heterocycles. The first-order chi connectivity index (χ1) is 13.3. The SMILES string of the molecule is CCCc1nc(-n2cccc2)sc1C(=O)N1CCO[C@H](c2ccccc2)C1. The lowest BCUT2D eigenvalue weighted by molar-refractivity contribution is -0.0227. The summed E-state index contributed by atoms with van der Waals surface area (Å²) in [6, 6.07) is 14.0. The van der Waals surface area contributed by atoms with Gasteiger partial charge in [0.1, 0.15) is 11.0 Å². The minimum Gasteiger partial charge on any atom is -0.370 e. The van der Waals surface area contributed by atoms with E-state index >= 15 is 0 Å². The number of carbonyl (C=O) groups excluding carboxylic acids is 1. The fraction of sp³-hybridized carbons (Fsp3) is 0.333. The van der Waals surface area contributed by atoms with Crippen molar-refractivity contribution in [3.8, 4) is 5.13 Å². The molecule has 4 rings (SSSR count). The van der Waals surface area contributed by atoms with Gasteiger partial charge in [0.15, 0.2) is 5.13 Å². The Morgan fingerprint density at radius 1 is 1.22 bits per heavy atom. The highest BCUT2D eigenvalue weighted by atomic mass is 32.1. The van der Waals surface area contributed by atoms with Crippen LogP contribution in [0.4, 0.5) is 0 Å². The number of carbonyl (C=O) groups is 1. The largest absolute Gasteiger partial charge is 0.370 e. The van der Waals surface area contributed by atoms with Crippen molar-refractivity contribution in [2.45, 2.75) is 25.9 Å². The van der Waals surface area contributed by atoms with E-state index in [2.05, 4.69) is 19.1 Å². The molecule has 0 aliphatic carbocycles. The molecule has 2 aromatic heterocycles. The van der Waals surface area contributed by atoms with Crippen LogP contribution in [0.1, 0.15) is 40.4 Å². The molecular formula is C21H23N3O2S. The van der Waals surface area contributed by atoms with Gasteiger partial charge in [-0.15, -0.1) is 0 Å². The summed E-state index contributed by atoms with van der Waals surface area (Å²) in [7, 11) is 0. The molecular weight excluding hydrogens is 358 g/mol. The van der Waals surface area contributed by atoms with Crippen LogP contribution in [0.25, 0.3) is 5.13 Å². The first kappa shape index (κ1) is 17.9. The molecule has 3 heterocycles. The van der Waals surface area contributed by atoms with E-state index in [0.29, 0.717) is 19.7 Å². The molecule has 0 saturated carbocycles. The quantitative estimate of drug-likeness (QED) is 0.668. The van der Waals surface area contributed by atoms with Crippen LogP contribution in [0.15, 0.2) is 54.9 Å². The van der Waals surface area contributed by atoms with Gasteiger partial charge in [-0.3, -0.25) is 4.79 Å². The van der Waals surface area contributed by atoms with E-state index in [9.17, 15) is 4.79 Å². The Kier molecular flexibility index (Phi) is 5.36. The molecule has 27 heavy (non-hydrogen) atoms. The highest BCUT2D eigenvalue weighted by Crippen LogP contribution is 2.28. The van der Waals surface area contributed by atoms with Crippen molar-refractivity contribution in [2.75, 3.05) is 19.7 Å². The van der Waals surface area contributed by atoms with Gasteiger partial charge in [0.05, 0.1) is 18.8 Å². The average Bonchev–Trinajstić information content (AvgIpc) is 3.38. The smallest absolute Gasteiger partial charge is 0.266 e. The fourth-order valence-corrected chi connectivity index (χ4v) is 4.38. The number of rotatable bonds is 5. The van der Waals surface area contributed by atoms with Crippen LogP contribution in [0, 0.1) is 0 Å². The number of nitrogens with zero attached hydrogens (tertiary/aromatic N) is 3. The van der Waals surface area contributed by atoms with Gasteiger partial charge in [-0.1, -0.05) is 55.0 Å². The van der Waals surface area contributed by atoms with Crippen LogP contribution in [0.2, 0.25) is 0 Å². The third-order valence-corrected chi connectivity index (χ3v) is 5.82. The van der Waals surface area contributed by atoms with Crippen LogP contribution in [0.3, 0.4) is 0 Å². The second-order valence-electron chi connectivity index (χ2n) is 6.63. The van der Waals surface area contributed by atoms with Crippen LogP contribution in [-0.2, 0) is 11.2 Å². The molecule has 1 aromatic carbocycles. The molecule has 0 radical (unpaired) electrons. The van der Waals surface area contributed by atoms with Crippen LogP contribution in [-0.4, -0.2) is 40.1 Å². The molecule has 6 heteroatoms. The monoisotopic (exact) mass is 381 g/mol. The Bertz CT molecular complexity index is 890. The lowest BCUT2D eigenvalue weighted by Crippen LogP contribution is -2.42. The maximum absolute atomic E-state index is 13.3. The molecule has 5 nitrogen and oxygen atoms in total. The molecule has 1 saturated heterocycles. The lowest BCUT2D eigenvalue weighted by Gasteiger charge is -2.33. The summed E-state index contributed by atoms with van der Waals surface area (Å²) in [6.07, 6.45) is 5.62. The van der Waals surface area contributed by atoms with Crippen LogP contribution in [0.5, 0.6) is 0 Å². The number of ether oxygens (including phenoxy) is 1. The normalized spacial score (nSPS) is 17.2. The Morgan fingerprint density at radius 2 is 2.00 bits per heavy atom. The number of hydrogen-bond acceptors (Lipinski definition) is 4. The van der Waals surface area contributed by atoms with Crippen molar-refractivity contribution >= 4 is 17.2 Å². The number of aromatic nitrogens is 2. The predicted molar refractivity (Wildman–Crippen MR) is 106 cm³/mol. The molecule has 1 amide bonds. The molecule has 0 spiro atoms. The highest BCUT2D eigenvalue weighted by Gasteiger charge is 2.29. The van der Waals surface area contributed by atoms with Gasteiger partial charge in [-0.05, 0) is 24.1 Å². The topological polar surface area (TPSA) is 47.4 Å². The first-order valence-corrected chi connectivity index (χ1v) is 10.2. The standard InChI is InChI=1S/C21H23N3O2S/c1-2-8-17-19(27-21(22-17)23-11-6-7-12-23)20(25)24-13-14-26-18(15-24)16-9-4-3-5-10-16/h3-7,9-12,18H,2,8,13-15H2,1H3/t18-/m0/s1. The summed E-state index contributed by atoms with van der Waals surface area (Å²) in [4.78, 5) is 20.7. The first-order valence-electron chi connectivity index (χ1n) is 9.35. The van der Waals surface area contributed by atoms with Crippen molar-refractivity contribution in [2.24, 2.45) is 0 Å². The Morgan fingerprint density at radius 3 is 2.74 bits per heavy atom. The van der Waals surface area contributed by atoms with E-state index in [0.717, 1.165) is 34.1 Å². The zero-order valence-electron chi connectivity index (χ0n) is 15.4. The molecule has 0 bridgehead atoms. The van der Waals surface area contributed by atoms with Gasteiger partial charge in [-0.25, -0.2) is 4.98 Å². The van der Waals surface area contributed by atoms with E-state index in [1.807, 2.05) is 52.2 Å². The second kappa shape index (κ2) is 8.06. The lowest BCUT2D eigenvalue weighted by atomic mass is 10.1. The Balaban J connectivity index is 1.58. The van der Waals surface area contributed by atoms with Crippen molar-refractivity contribution in [1.82, 2.24) is 14.5 Å². The summed E-state index contributed by atoms with van der Waals surface area (Å²) in [6.45, 7) is 3.86. The Labute approximate surface area is 163 Å². The summed E-state index contributed by atoms with van der Waals surface area (Å²) >= 11 is 1.48. The van der Waals surface area contributed by atoms with Crippen molar-refractivity contribution in [1.29, 1.82) is 0 Å². The zero-order chi connectivity index (χ0) is 18.6. The van der Waals surface area contributed by atoms with Gasteiger partial charge in [0.2, 0.25) is 0 Å². The zero-order valence-corrected chi connectivity index (χ0v) is 16.2. The molecule has 1 fully saturated rings. The second-order valence-corrected chi connectivity index (χ2v) is 7.61. The molecule has 3 aromatic rings. The van der Waals surface area contributed by atoms with E-state index in [4.69, 9.17) is 9.72 Å². The van der Waals surface area contributed by atoms with Crippen molar-refractivity contribution < 1.29 is 9.53 Å². The van der Waals surface area contributed by atoms with Gasteiger partial charge >= 0.3 is 0 Å². The maximum Gasteiger partial charge on any atom is 0.266 e. The number of thiazole rings is 1. The summed E-state index contributed by atoms with van der Waals surface area (Å²) < 4.78 is 7.88. The van der Waals surface area contributed by atoms with E-state index in [1.165, 1.54) is 11.3 Å². The average molecular weight is 382 g/mol. The molecule has 0 unspecified atom stereocenters. The molecule has 140 valence electrons. The summed E-state index contributed by atoms with van der Waals surface area (Å²) in [5.74, 6) is 0.0681. The van der Waals surface area contributed by atoms with Crippen LogP contribution >= 0.6 is 11.3 Å². The maximum atomic E-state index is 13.3.